The molecule has 108 valence electrons. The van der Waals surface area contributed by atoms with Gasteiger partial charge in [-0.2, -0.15) is 0 Å². The van der Waals surface area contributed by atoms with Crippen molar-refractivity contribution in [3.05, 3.63) is 18.2 Å². The highest BCUT2D eigenvalue weighted by molar-refractivity contribution is 5.79. The Morgan fingerprint density at radius 2 is 2.10 bits per heavy atom. The minimum absolute atomic E-state index is 0.475. The molecule has 1 atom stereocenters. The highest BCUT2D eigenvalue weighted by atomic mass is 16.5. The first-order valence-electron chi connectivity index (χ1n) is 7.23. The van der Waals surface area contributed by atoms with Gasteiger partial charge in [0.1, 0.15) is 5.75 Å². The van der Waals surface area contributed by atoms with Gasteiger partial charge in [0.05, 0.1) is 18.1 Å². The predicted molar refractivity (Wildman–Crippen MR) is 81.0 cm³/mol. The van der Waals surface area contributed by atoms with E-state index in [1.165, 1.54) is 25.9 Å². The number of hydrogen-bond acceptors (Lipinski definition) is 4. The molecule has 1 aliphatic heterocycles. The molecule has 1 fully saturated rings. The van der Waals surface area contributed by atoms with E-state index in [0.29, 0.717) is 12.0 Å². The molecule has 5 heteroatoms. The van der Waals surface area contributed by atoms with Crippen molar-refractivity contribution in [2.75, 3.05) is 25.9 Å². The van der Waals surface area contributed by atoms with Crippen molar-refractivity contribution in [2.24, 2.45) is 0 Å². The van der Waals surface area contributed by atoms with Crippen molar-refractivity contribution < 1.29 is 4.74 Å². The molecule has 0 amide bonds. The number of aromatic nitrogens is 2. The van der Waals surface area contributed by atoms with E-state index in [1.54, 1.807) is 7.11 Å². The average molecular weight is 274 g/mol. The van der Waals surface area contributed by atoms with Crippen LogP contribution in [-0.2, 0) is 6.54 Å². The lowest BCUT2D eigenvalue weighted by atomic mass is 10.2. The van der Waals surface area contributed by atoms with Crippen molar-refractivity contribution in [1.82, 2.24) is 14.5 Å². The number of nitrogens with two attached hydrogens (primary N) is 1. The van der Waals surface area contributed by atoms with Crippen LogP contribution in [0.1, 0.15) is 19.8 Å². The molecular weight excluding hydrogens is 252 g/mol. The summed E-state index contributed by atoms with van der Waals surface area (Å²) in [5.41, 5.74) is 8.06. The van der Waals surface area contributed by atoms with Gasteiger partial charge in [-0.25, -0.2) is 4.98 Å². The van der Waals surface area contributed by atoms with Gasteiger partial charge in [-0.1, -0.05) is 0 Å². The van der Waals surface area contributed by atoms with E-state index < -0.39 is 0 Å². The monoisotopic (exact) mass is 274 g/mol. The molecule has 1 saturated heterocycles. The van der Waals surface area contributed by atoms with Gasteiger partial charge in [-0.3, -0.25) is 4.90 Å². The Hall–Kier alpha value is -1.75. The van der Waals surface area contributed by atoms with E-state index in [0.717, 1.165) is 23.3 Å². The van der Waals surface area contributed by atoms with E-state index in [-0.39, 0.29) is 0 Å². The molecule has 2 heterocycles. The molecule has 2 N–H and O–H groups in total. The third-order valence-electron chi connectivity index (χ3n) is 4.20. The molecule has 0 spiro atoms. The number of ether oxygens (including phenoxy) is 1. The Balaban J connectivity index is 1.91. The van der Waals surface area contributed by atoms with E-state index in [1.807, 2.05) is 18.2 Å². The molecule has 2 aromatic rings. The number of fused-ring (bicyclic) bond motifs is 1. The first kappa shape index (κ1) is 13.2. The second-order valence-corrected chi connectivity index (χ2v) is 5.53. The fraction of sp³-hybridized carbons (Fsp3) is 0.533. The van der Waals surface area contributed by atoms with Gasteiger partial charge in [-0.05, 0) is 45.0 Å². The van der Waals surface area contributed by atoms with Crippen molar-refractivity contribution in [3.63, 3.8) is 0 Å². The number of rotatable bonds is 4. The third-order valence-corrected chi connectivity index (χ3v) is 4.20. The molecule has 1 aromatic carbocycles. The first-order chi connectivity index (χ1) is 9.69. The lowest BCUT2D eigenvalue weighted by Crippen LogP contribution is -2.33. The second kappa shape index (κ2) is 5.32. The summed E-state index contributed by atoms with van der Waals surface area (Å²) in [5.74, 6) is 1.42. The van der Waals surface area contributed by atoms with Crippen molar-refractivity contribution in [3.8, 4) is 5.75 Å². The zero-order chi connectivity index (χ0) is 14.1. The van der Waals surface area contributed by atoms with Crippen LogP contribution in [-0.4, -0.2) is 40.7 Å². The maximum atomic E-state index is 6.08. The van der Waals surface area contributed by atoms with Gasteiger partial charge < -0.3 is 15.0 Å². The van der Waals surface area contributed by atoms with Gasteiger partial charge in [0.15, 0.2) is 0 Å². The van der Waals surface area contributed by atoms with Crippen molar-refractivity contribution in [1.29, 1.82) is 0 Å². The summed E-state index contributed by atoms with van der Waals surface area (Å²) < 4.78 is 7.40. The van der Waals surface area contributed by atoms with Crippen molar-refractivity contribution >= 4 is 17.0 Å². The van der Waals surface area contributed by atoms with Crippen LogP contribution < -0.4 is 10.5 Å². The summed E-state index contributed by atoms with van der Waals surface area (Å²) in [7, 11) is 1.68. The van der Waals surface area contributed by atoms with Crippen LogP contribution in [0.15, 0.2) is 18.2 Å². The van der Waals surface area contributed by atoms with Gasteiger partial charge in [-0.15, -0.1) is 0 Å². The van der Waals surface area contributed by atoms with Crippen LogP contribution in [0.25, 0.3) is 11.0 Å². The summed E-state index contributed by atoms with van der Waals surface area (Å²) in [4.78, 5) is 6.95. The summed E-state index contributed by atoms with van der Waals surface area (Å²) in [5, 5.41) is 0. The lowest BCUT2D eigenvalue weighted by molar-refractivity contribution is 0.238. The Bertz CT molecular complexity index is 601. The number of nitrogens with zero attached hydrogens (tertiary/aromatic N) is 3. The summed E-state index contributed by atoms with van der Waals surface area (Å²) in [6.45, 7) is 5.51. The molecule has 1 aromatic heterocycles. The minimum Gasteiger partial charge on any atom is -0.497 e. The molecule has 1 aliphatic rings. The van der Waals surface area contributed by atoms with Gasteiger partial charge in [0.25, 0.3) is 0 Å². The molecule has 0 radical (unpaired) electrons. The maximum Gasteiger partial charge on any atom is 0.201 e. The zero-order valence-electron chi connectivity index (χ0n) is 12.2. The molecule has 3 rings (SSSR count). The van der Waals surface area contributed by atoms with Crippen LogP contribution >= 0.6 is 0 Å². The van der Waals surface area contributed by atoms with Gasteiger partial charge in [0, 0.05) is 18.7 Å². The molecule has 1 unspecified atom stereocenters. The Morgan fingerprint density at radius 3 is 2.80 bits per heavy atom. The number of nitrogen functional groups attached to an aromatic ring is 1. The van der Waals surface area contributed by atoms with Crippen LogP contribution in [0, 0.1) is 0 Å². The molecule has 0 aliphatic carbocycles. The predicted octanol–water partition coefficient (Wildman–Crippen LogP) is 2.11. The summed E-state index contributed by atoms with van der Waals surface area (Å²) in [6.07, 6.45) is 2.61. The van der Waals surface area contributed by atoms with Gasteiger partial charge >= 0.3 is 0 Å². The highest BCUT2D eigenvalue weighted by Gasteiger charge is 2.20. The number of likely N-dealkylation sites (tertiary alicyclic amines) is 1. The SMILES string of the molecule is COc1ccc2nc(N)n(CC(C)N3CCCC3)c2c1. The molecule has 5 nitrogen and oxygen atoms in total. The second-order valence-electron chi connectivity index (χ2n) is 5.53. The number of methoxy groups -OCH3 is 1. The zero-order valence-corrected chi connectivity index (χ0v) is 12.2. The molecule has 0 bridgehead atoms. The number of hydrogen-bond donors (Lipinski definition) is 1. The summed E-state index contributed by atoms with van der Waals surface area (Å²) >= 11 is 0. The van der Waals surface area contributed by atoms with Gasteiger partial charge in [0.2, 0.25) is 5.95 Å². The van der Waals surface area contributed by atoms with E-state index >= 15 is 0 Å². The van der Waals surface area contributed by atoms with Crippen molar-refractivity contribution in [2.45, 2.75) is 32.4 Å². The number of benzene rings is 1. The quantitative estimate of drug-likeness (QED) is 0.927. The fourth-order valence-electron chi connectivity index (χ4n) is 3.00. The van der Waals surface area contributed by atoms with Crippen LogP contribution in [0.5, 0.6) is 5.75 Å². The minimum atomic E-state index is 0.475. The highest BCUT2D eigenvalue weighted by Crippen LogP contribution is 2.24. The average Bonchev–Trinajstić information content (AvgIpc) is 3.07. The van der Waals surface area contributed by atoms with Crippen LogP contribution in [0.2, 0.25) is 0 Å². The largest absolute Gasteiger partial charge is 0.497 e. The normalized spacial score (nSPS) is 17.7. The number of imidazole rings is 1. The standard InChI is InChI=1S/C15H22N4O/c1-11(18-7-3-4-8-18)10-19-14-9-12(20-2)5-6-13(14)17-15(19)16/h5-6,9,11H,3-4,7-8,10H2,1-2H3,(H2,16,17). The smallest absolute Gasteiger partial charge is 0.201 e. The summed E-state index contributed by atoms with van der Waals surface area (Å²) in [6, 6.07) is 6.36. The van der Waals surface area contributed by atoms with E-state index in [2.05, 4.69) is 21.4 Å². The Morgan fingerprint density at radius 1 is 1.35 bits per heavy atom. The van der Waals surface area contributed by atoms with Crippen LogP contribution in [0.4, 0.5) is 5.95 Å². The third kappa shape index (κ3) is 2.33. The lowest BCUT2D eigenvalue weighted by Gasteiger charge is -2.24. The maximum absolute atomic E-state index is 6.08. The molecule has 0 saturated carbocycles. The number of anilines is 1. The van der Waals surface area contributed by atoms with E-state index in [9.17, 15) is 0 Å². The molecular formula is C15H22N4O. The van der Waals surface area contributed by atoms with Crippen LogP contribution in [0.3, 0.4) is 0 Å². The Labute approximate surface area is 119 Å². The first-order valence-corrected chi connectivity index (χ1v) is 7.23. The Kier molecular flexibility index (Phi) is 3.53. The topological polar surface area (TPSA) is 56.3 Å². The fourth-order valence-corrected chi connectivity index (χ4v) is 3.00. The van der Waals surface area contributed by atoms with E-state index in [4.69, 9.17) is 10.5 Å². The molecule has 20 heavy (non-hydrogen) atoms.